The summed E-state index contributed by atoms with van der Waals surface area (Å²) in [6.07, 6.45) is 2.43. The second-order valence-corrected chi connectivity index (χ2v) is 7.15. The number of hydrogen-bond donors (Lipinski definition) is 2. The van der Waals surface area contributed by atoms with Gasteiger partial charge in [0, 0.05) is 18.3 Å². The lowest BCUT2D eigenvalue weighted by atomic mass is 9.84. The van der Waals surface area contributed by atoms with Crippen molar-refractivity contribution < 1.29 is 4.79 Å². The first-order chi connectivity index (χ1) is 10.2. The molecule has 3 fully saturated rings. The van der Waals surface area contributed by atoms with Crippen LogP contribution in [0.15, 0.2) is 24.3 Å². The Balaban J connectivity index is 0.00000144. The van der Waals surface area contributed by atoms with Gasteiger partial charge >= 0.3 is 0 Å². The number of piperidine rings is 3. The highest BCUT2D eigenvalue weighted by Gasteiger charge is 2.35. The number of anilines is 1. The molecule has 6 heteroatoms. The minimum absolute atomic E-state index is 0. The molecule has 4 heterocycles. The third-order valence-electron chi connectivity index (χ3n) is 4.77. The highest BCUT2D eigenvalue weighted by molar-refractivity contribution is 7.21. The van der Waals surface area contributed by atoms with Gasteiger partial charge in [-0.1, -0.05) is 12.1 Å². The highest BCUT2D eigenvalue weighted by atomic mass is 35.5. The Kier molecular flexibility index (Phi) is 4.30. The SMILES string of the molecule is Cl.Nc1cccc2cc(C(=O)N[C@H]3CN4CCC3CC4)sc12. The van der Waals surface area contributed by atoms with Crippen LogP contribution in [0.4, 0.5) is 5.69 Å². The predicted molar refractivity (Wildman–Crippen MR) is 93.9 cm³/mol. The van der Waals surface area contributed by atoms with E-state index in [1.807, 2.05) is 24.3 Å². The summed E-state index contributed by atoms with van der Waals surface area (Å²) in [5.41, 5.74) is 6.72. The first kappa shape index (κ1) is 15.6. The molecule has 0 spiro atoms. The van der Waals surface area contributed by atoms with Gasteiger partial charge in [0.1, 0.15) is 0 Å². The maximum Gasteiger partial charge on any atom is 0.261 e. The van der Waals surface area contributed by atoms with Crippen LogP contribution in [0.1, 0.15) is 22.5 Å². The number of amides is 1. The average molecular weight is 338 g/mol. The molecule has 3 aliphatic rings. The molecular weight excluding hydrogens is 318 g/mol. The quantitative estimate of drug-likeness (QED) is 0.828. The molecule has 2 aromatic rings. The molecule has 1 atom stereocenters. The van der Waals surface area contributed by atoms with Crippen LogP contribution >= 0.6 is 23.7 Å². The molecule has 5 rings (SSSR count). The van der Waals surface area contributed by atoms with Gasteiger partial charge in [0.2, 0.25) is 0 Å². The molecule has 1 aromatic heterocycles. The van der Waals surface area contributed by atoms with Gasteiger partial charge in [-0.05, 0) is 49.4 Å². The normalized spacial score (nSPS) is 26.6. The second kappa shape index (κ2) is 6.07. The van der Waals surface area contributed by atoms with Crippen molar-refractivity contribution in [3.8, 4) is 0 Å². The smallest absolute Gasteiger partial charge is 0.261 e. The molecule has 0 aliphatic carbocycles. The minimum atomic E-state index is 0. The fourth-order valence-corrected chi connectivity index (χ4v) is 4.55. The predicted octanol–water partition coefficient (Wildman–Crippen LogP) is 2.73. The van der Waals surface area contributed by atoms with E-state index >= 15 is 0 Å². The summed E-state index contributed by atoms with van der Waals surface area (Å²) in [6, 6.07) is 8.08. The lowest BCUT2D eigenvalue weighted by molar-refractivity contribution is 0.0622. The van der Waals surface area contributed by atoms with Gasteiger partial charge in [-0.15, -0.1) is 23.7 Å². The molecule has 0 unspecified atom stereocenters. The van der Waals surface area contributed by atoms with Crippen molar-refractivity contribution >= 4 is 45.4 Å². The second-order valence-electron chi connectivity index (χ2n) is 6.09. The molecule has 4 nitrogen and oxygen atoms in total. The summed E-state index contributed by atoms with van der Waals surface area (Å²) in [4.78, 5) is 15.7. The summed E-state index contributed by atoms with van der Waals surface area (Å²) in [5, 5.41) is 4.29. The molecule has 3 N–H and O–H groups in total. The Morgan fingerprint density at radius 1 is 1.32 bits per heavy atom. The van der Waals surface area contributed by atoms with E-state index in [1.54, 1.807) is 0 Å². The van der Waals surface area contributed by atoms with Crippen LogP contribution in [-0.2, 0) is 0 Å². The first-order valence-electron chi connectivity index (χ1n) is 7.52. The number of nitrogens with zero attached hydrogens (tertiary/aromatic N) is 1. The summed E-state index contributed by atoms with van der Waals surface area (Å²) in [7, 11) is 0. The van der Waals surface area contributed by atoms with Gasteiger partial charge in [-0.25, -0.2) is 0 Å². The zero-order valence-electron chi connectivity index (χ0n) is 12.2. The van der Waals surface area contributed by atoms with E-state index in [9.17, 15) is 4.79 Å². The number of nitrogens with one attached hydrogen (secondary N) is 1. The number of rotatable bonds is 2. The molecule has 3 aliphatic heterocycles. The minimum Gasteiger partial charge on any atom is -0.398 e. The van der Waals surface area contributed by atoms with Gasteiger partial charge in [0.05, 0.1) is 9.58 Å². The lowest BCUT2D eigenvalue weighted by Gasteiger charge is -2.44. The Labute approximate surface area is 140 Å². The third-order valence-corrected chi connectivity index (χ3v) is 5.97. The molecule has 118 valence electrons. The summed E-state index contributed by atoms with van der Waals surface area (Å²) in [6.45, 7) is 3.39. The van der Waals surface area contributed by atoms with Crippen molar-refractivity contribution in [3.05, 3.63) is 29.1 Å². The maximum absolute atomic E-state index is 12.5. The first-order valence-corrected chi connectivity index (χ1v) is 8.33. The molecule has 1 aromatic carbocycles. The van der Waals surface area contributed by atoms with Gasteiger partial charge in [-0.2, -0.15) is 0 Å². The van der Waals surface area contributed by atoms with E-state index < -0.39 is 0 Å². The van der Waals surface area contributed by atoms with Gasteiger partial charge < -0.3 is 16.0 Å². The van der Waals surface area contributed by atoms with Crippen molar-refractivity contribution in [3.63, 3.8) is 0 Å². The van der Waals surface area contributed by atoms with E-state index in [0.29, 0.717) is 12.0 Å². The van der Waals surface area contributed by atoms with Crippen molar-refractivity contribution in [2.24, 2.45) is 5.92 Å². The van der Waals surface area contributed by atoms with Crippen molar-refractivity contribution in [2.45, 2.75) is 18.9 Å². The molecular formula is C16H20ClN3OS. The maximum atomic E-state index is 12.5. The Bertz CT molecular complexity index is 694. The number of benzene rings is 1. The monoisotopic (exact) mass is 337 g/mol. The van der Waals surface area contributed by atoms with Crippen LogP contribution in [0, 0.1) is 5.92 Å². The van der Waals surface area contributed by atoms with Gasteiger partial charge in [0.15, 0.2) is 0 Å². The number of hydrogen-bond acceptors (Lipinski definition) is 4. The molecule has 1 amide bonds. The molecule has 2 bridgehead atoms. The van der Waals surface area contributed by atoms with Crippen LogP contribution in [0.2, 0.25) is 0 Å². The Hall–Kier alpha value is -1.30. The fraction of sp³-hybridized carbons (Fsp3) is 0.438. The Morgan fingerprint density at radius 3 is 2.73 bits per heavy atom. The summed E-state index contributed by atoms with van der Waals surface area (Å²) < 4.78 is 1.01. The van der Waals surface area contributed by atoms with Crippen LogP contribution in [0.25, 0.3) is 10.1 Å². The van der Waals surface area contributed by atoms with Gasteiger partial charge in [-0.3, -0.25) is 4.79 Å². The zero-order chi connectivity index (χ0) is 14.4. The molecule has 3 saturated heterocycles. The highest BCUT2D eigenvalue weighted by Crippen LogP contribution is 2.31. The molecule has 0 saturated carbocycles. The molecule has 22 heavy (non-hydrogen) atoms. The van der Waals surface area contributed by atoms with Gasteiger partial charge in [0.25, 0.3) is 5.91 Å². The number of thiophene rings is 1. The van der Waals surface area contributed by atoms with E-state index in [1.165, 1.54) is 37.3 Å². The van der Waals surface area contributed by atoms with Crippen molar-refractivity contribution in [1.29, 1.82) is 0 Å². The van der Waals surface area contributed by atoms with E-state index in [4.69, 9.17) is 5.73 Å². The van der Waals surface area contributed by atoms with Crippen LogP contribution in [0.3, 0.4) is 0 Å². The molecule has 0 radical (unpaired) electrons. The fourth-order valence-electron chi connectivity index (χ4n) is 3.57. The van der Waals surface area contributed by atoms with E-state index in [0.717, 1.165) is 27.2 Å². The van der Waals surface area contributed by atoms with Crippen LogP contribution in [0.5, 0.6) is 0 Å². The number of nitrogens with two attached hydrogens (primary N) is 1. The van der Waals surface area contributed by atoms with Crippen molar-refractivity contribution in [1.82, 2.24) is 10.2 Å². The number of halogens is 1. The average Bonchev–Trinajstić information content (AvgIpc) is 2.94. The standard InChI is InChI=1S/C16H19N3OS.ClH/c17-12-3-1-2-11-8-14(21-15(11)12)16(20)18-13-9-19-6-4-10(13)5-7-19;/h1-3,8,10,13H,4-7,9,17H2,(H,18,20);1H/t13-;/m0./s1. The summed E-state index contributed by atoms with van der Waals surface area (Å²) in [5.74, 6) is 0.702. The topological polar surface area (TPSA) is 58.4 Å². The number of carbonyl (C=O) groups is 1. The third kappa shape index (κ3) is 2.69. The Morgan fingerprint density at radius 2 is 2.09 bits per heavy atom. The number of nitrogen functional groups attached to an aromatic ring is 1. The number of carbonyl (C=O) groups excluding carboxylic acids is 1. The largest absolute Gasteiger partial charge is 0.398 e. The van der Waals surface area contributed by atoms with E-state index in [-0.39, 0.29) is 18.3 Å². The summed E-state index contributed by atoms with van der Waals surface area (Å²) >= 11 is 1.49. The van der Waals surface area contributed by atoms with E-state index in [2.05, 4.69) is 10.2 Å². The lowest BCUT2D eigenvalue weighted by Crippen LogP contribution is -2.57. The number of fused-ring (bicyclic) bond motifs is 4. The van der Waals surface area contributed by atoms with Crippen molar-refractivity contribution in [2.75, 3.05) is 25.4 Å². The zero-order valence-corrected chi connectivity index (χ0v) is 13.9. The van der Waals surface area contributed by atoms with Crippen LogP contribution < -0.4 is 11.1 Å². The van der Waals surface area contributed by atoms with Crippen LogP contribution in [-0.4, -0.2) is 36.5 Å².